The van der Waals surface area contributed by atoms with Crippen LogP contribution >= 0.6 is 0 Å². The van der Waals surface area contributed by atoms with Crippen molar-refractivity contribution < 1.29 is 4.42 Å². The number of hydrogen-bond donors (Lipinski definition) is 0. The van der Waals surface area contributed by atoms with E-state index in [2.05, 4.69) is 240 Å². The second-order valence-corrected chi connectivity index (χ2v) is 16.1. The Hall–Kier alpha value is -8.40. The first kappa shape index (κ1) is 36.5. The summed E-state index contributed by atoms with van der Waals surface area (Å²) in [4.78, 5) is 2.38. The molecule has 0 spiro atoms. The second kappa shape index (κ2) is 15.3. The van der Waals surface area contributed by atoms with Crippen molar-refractivity contribution in [1.82, 2.24) is 4.57 Å². The molecule has 0 aliphatic rings. The summed E-state index contributed by atoms with van der Waals surface area (Å²) in [5.41, 5.74) is 17.6. The lowest BCUT2D eigenvalue weighted by Gasteiger charge is -2.28. The molecule has 2 heterocycles. The summed E-state index contributed by atoms with van der Waals surface area (Å²) in [7, 11) is 0. The van der Waals surface area contributed by atoms with Crippen LogP contribution in [-0.4, -0.2) is 4.57 Å². The fourth-order valence-electron chi connectivity index (χ4n) is 9.49. The molecule has 0 saturated carbocycles. The van der Waals surface area contributed by atoms with Crippen LogP contribution in [-0.2, 0) is 0 Å². The largest absolute Gasteiger partial charge is 0.455 e. The number of hydrogen-bond acceptors (Lipinski definition) is 2. The minimum Gasteiger partial charge on any atom is -0.455 e. The van der Waals surface area contributed by atoms with Crippen LogP contribution in [0.2, 0.25) is 0 Å². The third kappa shape index (κ3) is 6.29. The highest BCUT2D eigenvalue weighted by atomic mass is 16.3. The molecule has 2 aromatic heterocycles. The maximum absolute atomic E-state index is 6.48. The standard InChI is InChI=1S/C60H40N2O/c1-3-16-41(17-4-1)42-30-34-45(35-31-42)61(46-36-32-44(33-37-46)49-25-15-26-54-53-24-11-14-29-59(53)63-60(49)54)47-38-39-58(62-56-27-12-9-22-51(56)52-23-10-13-28-57(52)62)55(40-47)50-21-8-7-20-48(50)43-18-5-2-6-19-43/h1-40H. The molecular formula is C60H40N2O. The average molecular weight is 805 g/mol. The van der Waals surface area contributed by atoms with Crippen LogP contribution in [0.1, 0.15) is 0 Å². The monoisotopic (exact) mass is 804 g/mol. The molecule has 12 aromatic rings. The molecule has 0 aliphatic heterocycles. The number of fused-ring (bicyclic) bond motifs is 6. The van der Waals surface area contributed by atoms with Crippen molar-refractivity contribution >= 4 is 60.8 Å². The molecule has 0 fully saturated rings. The van der Waals surface area contributed by atoms with Gasteiger partial charge in [-0.3, -0.25) is 0 Å². The molecule has 12 rings (SSSR count). The Morgan fingerprint density at radius 1 is 0.302 bits per heavy atom. The Labute approximate surface area is 366 Å². The zero-order valence-corrected chi connectivity index (χ0v) is 34.4. The predicted octanol–water partition coefficient (Wildman–Crippen LogP) is 16.8. The van der Waals surface area contributed by atoms with Gasteiger partial charge in [0.1, 0.15) is 11.2 Å². The van der Waals surface area contributed by atoms with Crippen LogP contribution in [0.25, 0.3) is 93.9 Å². The minimum absolute atomic E-state index is 0.899. The van der Waals surface area contributed by atoms with Gasteiger partial charge >= 0.3 is 0 Å². The molecule has 296 valence electrons. The van der Waals surface area contributed by atoms with Gasteiger partial charge in [0.25, 0.3) is 0 Å². The number of para-hydroxylation sites is 4. The van der Waals surface area contributed by atoms with Crippen molar-refractivity contribution in [2.24, 2.45) is 0 Å². The zero-order chi connectivity index (χ0) is 41.7. The highest BCUT2D eigenvalue weighted by Crippen LogP contribution is 2.45. The van der Waals surface area contributed by atoms with E-state index in [9.17, 15) is 0 Å². The Balaban J connectivity index is 1.07. The first-order valence-electron chi connectivity index (χ1n) is 21.5. The number of benzene rings is 10. The van der Waals surface area contributed by atoms with Crippen molar-refractivity contribution in [2.75, 3.05) is 4.90 Å². The number of furan rings is 1. The fraction of sp³-hybridized carbons (Fsp3) is 0. The van der Waals surface area contributed by atoms with Crippen LogP contribution < -0.4 is 4.90 Å². The van der Waals surface area contributed by atoms with Crippen LogP contribution in [0.15, 0.2) is 247 Å². The lowest BCUT2D eigenvalue weighted by Crippen LogP contribution is -2.11. The molecule has 0 bridgehead atoms. The molecule has 10 aromatic carbocycles. The maximum Gasteiger partial charge on any atom is 0.143 e. The van der Waals surface area contributed by atoms with Gasteiger partial charge in [-0.05, 0) is 94.0 Å². The van der Waals surface area contributed by atoms with Gasteiger partial charge in [-0.2, -0.15) is 0 Å². The molecule has 63 heavy (non-hydrogen) atoms. The van der Waals surface area contributed by atoms with Gasteiger partial charge in [-0.1, -0.05) is 182 Å². The van der Waals surface area contributed by atoms with Crippen LogP contribution in [0.4, 0.5) is 17.1 Å². The molecule has 0 amide bonds. The van der Waals surface area contributed by atoms with Crippen molar-refractivity contribution in [2.45, 2.75) is 0 Å². The molecule has 3 heteroatoms. The van der Waals surface area contributed by atoms with Crippen molar-refractivity contribution in [3.8, 4) is 50.2 Å². The normalized spacial score (nSPS) is 11.5. The summed E-state index contributed by atoms with van der Waals surface area (Å²) >= 11 is 0. The van der Waals surface area contributed by atoms with E-state index in [1.807, 2.05) is 12.1 Å². The number of anilines is 3. The topological polar surface area (TPSA) is 21.3 Å². The van der Waals surface area contributed by atoms with E-state index in [1.165, 1.54) is 44.1 Å². The van der Waals surface area contributed by atoms with Gasteiger partial charge in [0.05, 0.1) is 16.7 Å². The smallest absolute Gasteiger partial charge is 0.143 e. The van der Waals surface area contributed by atoms with Crippen LogP contribution in [0, 0.1) is 0 Å². The average Bonchev–Trinajstić information content (AvgIpc) is 3.91. The van der Waals surface area contributed by atoms with Gasteiger partial charge < -0.3 is 13.9 Å². The summed E-state index contributed by atoms with van der Waals surface area (Å²) < 4.78 is 8.92. The van der Waals surface area contributed by atoms with Crippen molar-refractivity contribution in [3.05, 3.63) is 243 Å². The molecule has 0 aliphatic carbocycles. The molecule has 0 unspecified atom stereocenters. The number of nitrogens with zero attached hydrogens (tertiary/aromatic N) is 2. The summed E-state index contributed by atoms with van der Waals surface area (Å²) in [5.74, 6) is 0. The van der Waals surface area contributed by atoms with Gasteiger partial charge in [0.2, 0.25) is 0 Å². The maximum atomic E-state index is 6.48. The summed E-state index contributed by atoms with van der Waals surface area (Å²) in [5, 5.41) is 4.72. The summed E-state index contributed by atoms with van der Waals surface area (Å²) in [6.45, 7) is 0. The first-order valence-corrected chi connectivity index (χ1v) is 21.5. The summed E-state index contributed by atoms with van der Waals surface area (Å²) in [6.07, 6.45) is 0. The van der Waals surface area contributed by atoms with Gasteiger partial charge in [-0.25, -0.2) is 0 Å². The Bertz CT molecular complexity index is 3550. The quantitative estimate of drug-likeness (QED) is 0.153. The van der Waals surface area contributed by atoms with E-state index in [-0.39, 0.29) is 0 Å². The lowest BCUT2D eigenvalue weighted by atomic mass is 9.93. The molecule has 0 N–H and O–H groups in total. The third-order valence-electron chi connectivity index (χ3n) is 12.4. The minimum atomic E-state index is 0.899. The van der Waals surface area contributed by atoms with Gasteiger partial charge in [-0.15, -0.1) is 0 Å². The molecule has 3 nitrogen and oxygen atoms in total. The number of rotatable bonds is 8. The van der Waals surface area contributed by atoms with E-state index < -0.39 is 0 Å². The van der Waals surface area contributed by atoms with Gasteiger partial charge in [0.15, 0.2) is 0 Å². The predicted molar refractivity (Wildman–Crippen MR) is 264 cm³/mol. The van der Waals surface area contributed by atoms with Crippen molar-refractivity contribution in [1.29, 1.82) is 0 Å². The first-order chi connectivity index (χ1) is 31.3. The van der Waals surface area contributed by atoms with E-state index in [4.69, 9.17) is 4.42 Å². The van der Waals surface area contributed by atoms with Gasteiger partial charge in [0, 0.05) is 49.7 Å². The van der Waals surface area contributed by atoms with E-state index in [0.717, 1.165) is 66.9 Å². The van der Waals surface area contributed by atoms with Crippen molar-refractivity contribution in [3.63, 3.8) is 0 Å². The van der Waals surface area contributed by atoms with E-state index in [1.54, 1.807) is 0 Å². The molecule has 0 radical (unpaired) electrons. The highest BCUT2D eigenvalue weighted by Gasteiger charge is 2.22. The van der Waals surface area contributed by atoms with E-state index in [0.29, 0.717) is 0 Å². The second-order valence-electron chi connectivity index (χ2n) is 16.1. The Morgan fingerprint density at radius 2 is 0.778 bits per heavy atom. The Kier molecular flexibility index (Phi) is 8.83. The lowest BCUT2D eigenvalue weighted by molar-refractivity contribution is 0.670. The summed E-state index contributed by atoms with van der Waals surface area (Å²) in [6, 6.07) is 87.2. The van der Waals surface area contributed by atoms with E-state index >= 15 is 0 Å². The van der Waals surface area contributed by atoms with Crippen LogP contribution in [0.3, 0.4) is 0 Å². The molecule has 0 saturated heterocycles. The van der Waals surface area contributed by atoms with Crippen LogP contribution in [0.5, 0.6) is 0 Å². The number of aromatic nitrogens is 1. The molecular weight excluding hydrogens is 765 g/mol. The SMILES string of the molecule is c1ccc(-c2ccc(N(c3ccc(-c4cccc5c4oc4ccccc45)cc3)c3ccc(-n4c5ccccc5c5ccccc54)c(-c4ccccc4-c4ccccc4)c3)cc2)cc1. The highest BCUT2D eigenvalue weighted by molar-refractivity contribution is 6.11. The zero-order valence-electron chi connectivity index (χ0n) is 34.4. The molecule has 0 atom stereocenters. The fourth-order valence-corrected chi connectivity index (χ4v) is 9.49. The Morgan fingerprint density at radius 3 is 1.46 bits per heavy atom. The third-order valence-corrected chi connectivity index (χ3v) is 12.4.